The molecule has 1 aliphatic rings. The summed E-state index contributed by atoms with van der Waals surface area (Å²) in [6.07, 6.45) is 2.79. The molecule has 1 aromatic heterocycles. The number of rotatable bonds is 14. The number of anilines is 2. The molecule has 5 rings (SSSR count). The van der Waals surface area contributed by atoms with Crippen LogP contribution in [-0.2, 0) is 14.4 Å². The topological polar surface area (TPSA) is 142 Å². The Morgan fingerprint density at radius 3 is 2.25 bits per heavy atom. The molecule has 0 aliphatic heterocycles. The van der Waals surface area contributed by atoms with Crippen LogP contribution in [0.5, 0.6) is 23.0 Å². The molecule has 10 nitrogen and oxygen atoms in total. The van der Waals surface area contributed by atoms with E-state index < -0.39 is 34.9 Å². The number of nitrogens with two attached hydrogens (primary N) is 1. The van der Waals surface area contributed by atoms with Gasteiger partial charge in [0.25, 0.3) is 0 Å². The number of halogens is 2. The van der Waals surface area contributed by atoms with Gasteiger partial charge < -0.3 is 30.6 Å². The van der Waals surface area contributed by atoms with E-state index in [4.69, 9.17) is 19.9 Å². The van der Waals surface area contributed by atoms with Crippen molar-refractivity contribution >= 4 is 51.0 Å². The van der Waals surface area contributed by atoms with Crippen LogP contribution in [0.4, 0.5) is 20.2 Å². The van der Waals surface area contributed by atoms with Crippen molar-refractivity contribution in [1.29, 1.82) is 0 Å². The average molecular weight is 679 g/mol. The minimum Gasteiger partial charge on any atom is -0.493 e. The Morgan fingerprint density at radius 1 is 0.917 bits per heavy atom. The summed E-state index contributed by atoms with van der Waals surface area (Å²) in [5.74, 6) is -0.544. The molecule has 48 heavy (non-hydrogen) atoms. The van der Waals surface area contributed by atoms with E-state index >= 15 is 4.39 Å². The molecular formula is C35H36F2N4O6S. The lowest BCUT2D eigenvalue weighted by Gasteiger charge is -2.16. The van der Waals surface area contributed by atoms with Gasteiger partial charge in [-0.25, -0.2) is 8.78 Å². The lowest BCUT2D eigenvalue weighted by molar-refractivity contribution is -0.131. The van der Waals surface area contributed by atoms with Crippen molar-refractivity contribution in [2.75, 3.05) is 30.1 Å². The molecule has 0 unspecified atom stereocenters. The van der Waals surface area contributed by atoms with Crippen molar-refractivity contribution in [3.8, 4) is 23.0 Å². The first-order valence-corrected chi connectivity index (χ1v) is 16.4. The summed E-state index contributed by atoms with van der Waals surface area (Å²) in [4.78, 5) is 42.4. The van der Waals surface area contributed by atoms with E-state index in [0.717, 1.165) is 6.07 Å². The lowest BCUT2D eigenvalue weighted by atomic mass is 10.0. The number of thioether (sulfide) groups is 1. The maximum atomic E-state index is 15.2. The van der Waals surface area contributed by atoms with Gasteiger partial charge in [-0.1, -0.05) is 25.6 Å². The molecule has 4 N–H and O–H groups in total. The summed E-state index contributed by atoms with van der Waals surface area (Å²) in [7, 11) is 1.50. The van der Waals surface area contributed by atoms with Crippen LogP contribution in [-0.4, -0.2) is 47.4 Å². The van der Waals surface area contributed by atoms with Gasteiger partial charge in [-0.15, -0.1) is 0 Å². The molecule has 0 bridgehead atoms. The number of methoxy groups -OCH3 is 1. The van der Waals surface area contributed by atoms with Crippen molar-refractivity contribution in [2.45, 2.75) is 39.2 Å². The zero-order valence-electron chi connectivity index (χ0n) is 26.7. The van der Waals surface area contributed by atoms with E-state index in [-0.39, 0.29) is 22.5 Å². The highest BCUT2D eigenvalue weighted by molar-refractivity contribution is 8.13. The molecule has 4 aromatic rings. The minimum absolute atomic E-state index is 0.0449. The minimum atomic E-state index is -1.29. The first kappa shape index (κ1) is 34.6. The van der Waals surface area contributed by atoms with Crippen LogP contribution in [0.2, 0.25) is 0 Å². The third kappa shape index (κ3) is 8.03. The summed E-state index contributed by atoms with van der Waals surface area (Å²) in [5, 5.41) is 5.76. The van der Waals surface area contributed by atoms with Gasteiger partial charge in [0.05, 0.1) is 25.3 Å². The molecule has 1 heterocycles. The van der Waals surface area contributed by atoms with Crippen LogP contribution in [0.3, 0.4) is 0 Å². The fraction of sp³-hybridized carbons (Fsp3) is 0.314. The van der Waals surface area contributed by atoms with Crippen molar-refractivity contribution < 1.29 is 37.4 Å². The molecular weight excluding hydrogens is 642 g/mol. The first-order chi connectivity index (χ1) is 23.0. The van der Waals surface area contributed by atoms with Crippen molar-refractivity contribution in [3.63, 3.8) is 0 Å². The normalized spacial score (nSPS) is 13.9. The zero-order chi connectivity index (χ0) is 34.4. The number of hydrogen-bond donors (Lipinski definition) is 3. The lowest BCUT2D eigenvalue weighted by Crippen LogP contribution is -2.35. The highest BCUT2D eigenvalue weighted by Crippen LogP contribution is 2.47. The van der Waals surface area contributed by atoms with Gasteiger partial charge >= 0.3 is 0 Å². The number of aromatic nitrogens is 1. The molecule has 13 heteroatoms. The molecule has 1 atom stereocenters. The SMILES string of the molecule is COc1cc2c(Oc3ccc(NC(=O)C4(C(=O)Nc5ccc(F)cc5)CC4)cc3F)ccnc2cc1OCCCSC(=O)[C@@H](N)C(C)C. The second-order valence-electron chi connectivity index (χ2n) is 11.7. The average Bonchev–Trinajstić information content (AvgIpc) is 3.89. The van der Waals surface area contributed by atoms with Crippen LogP contribution in [0.1, 0.15) is 33.1 Å². The van der Waals surface area contributed by atoms with E-state index in [0.29, 0.717) is 65.5 Å². The number of fused-ring (bicyclic) bond motifs is 1. The fourth-order valence-electron chi connectivity index (χ4n) is 4.77. The Morgan fingerprint density at radius 2 is 1.60 bits per heavy atom. The predicted molar refractivity (Wildman–Crippen MR) is 180 cm³/mol. The van der Waals surface area contributed by atoms with E-state index in [1.807, 2.05) is 13.8 Å². The molecule has 2 amide bonds. The van der Waals surface area contributed by atoms with Gasteiger partial charge in [0, 0.05) is 40.8 Å². The van der Waals surface area contributed by atoms with Gasteiger partial charge in [0.1, 0.15) is 17.0 Å². The van der Waals surface area contributed by atoms with E-state index in [9.17, 15) is 18.8 Å². The second kappa shape index (κ2) is 15.0. The van der Waals surface area contributed by atoms with Crippen LogP contribution in [0.25, 0.3) is 10.9 Å². The number of carbonyl (C=O) groups is 3. The summed E-state index contributed by atoms with van der Waals surface area (Å²) in [6, 6.07) is 13.7. The summed E-state index contributed by atoms with van der Waals surface area (Å²) in [5.41, 5.74) is 5.65. The maximum Gasteiger partial charge on any atom is 0.240 e. The smallest absolute Gasteiger partial charge is 0.240 e. The summed E-state index contributed by atoms with van der Waals surface area (Å²) < 4.78 is 45.8. The van der Waals surface area contributed by atoms with Gasteiger partial charge in [0.2, 0.25) is 16.9 Å². The van der Waals surface area contributed by atoms with Crippen molar-refractivity contribution in [3.05, 3.63) is 78.5 Å². The Labute approximate surface area is 280 Å². The van der Waals surface area contributed by atoms with Gasteiger partial charge in [-0.3, -0.25) is 19.4 Å². The number of nitrogens with zero attached hydrogens (tertiary/aromatic N) is 1. The molecule has 0 saturated heterocycles. The number of carbonyl (C=O) groups excluding carboxylic acids is 3. The van der Waals surface area contributed by atoms with Crippen LogP contribution >= 0.6 is 11.8 Å². The maximum absolute atomic E-state index is 15.2. The summed E-state index contributed by atoms with van der Waals surface area (Å²) >= 11 is 1.19. The third-order valence-corrected chi connectivity index (χ3v) is 8.95. The first-order valence-electron chi connectivity index (χ1n) is 15.4. The number of amides is 2. The third-order valence-electron chi connectivity index (χ3n) is 7.90. The standard InChI is InChI=1S/C35H36F2N4O6S/c1-20(2)31(38)32(42)48-16-4-15-46-30-19-26-24(18-29(30)45-3)27(11-14-39-26)47-28-10-9-23(17-25(28)37)41-34(44)35(12-13-35)33(43)40-22-7-5-21(36)6-8-22/h5-11,14,17-20,31H,4,12-13,15-16,38H2,1-3H3,(H,40,43)(H,41,44)/t31-/m0/s1. The van der Waals surface area contributed by atoms with Crippen molar-refractivity contribution in [2.24, 2.45) is 17.1 Å². The molecule has 1 saturated carbocycles. The van der Waals surface area contributed by atoms with Crippen LogP contribution in [0, 0.1) is 23.0 Å². The van der Waals surface area contributed by atoms with Crippen LogP contribution in [0.15, 0.2) is 66.9 Å². The predicted octanol–water partition coefficient (Wildman–Crippen LogP) is 6.68. The number of benzene rings is 3. The summed E-state index contributed by atoms with van der Waals surface area (Å²) in [6.45, 7) is 4.15. The van der Waals surface area contributed by atoms with Gasteiger partial charge in [-0.2, -0.15) is 0 Å². The molecule has 0 radical (unpaired) electrons. The highest BCUT2D eigenvalue weighted by Gasteiger charge is 2.56. The monoisotopic (exact) mass is 678 g/mol. The molecule has 252 valence electrons. The Bertz CT molecular complexity index is 1820. The molecule has 1 fully saturated rings. The Balaban J connectivity index is 1.22. The van der Waals surface area contributed by atoms with Gasteiger partial charge in [-0.05, 0) is 73.7 Å². The second-order valence-corrected chi connectivity index (χ2v) is 12.8. The molecule has 0 spiro atoms. The van der Waals surface area contributed by atoms with Crippen LogP contribution < -0.4 is 30.6 Å². The number of ether oxygens (including phenoxy) is 3. The zero-order valence-corrected chi connectivity index (χ0v) is 27.5. The largest absolute Gasteiger partial charge is 0.493 e. The Hall–Kier alpha value is -4.75. The fourth-order valence-corrected chi connectivity index (χ4v) is 5.70. The Kier molecular flexibility index (Phi) is 10.8. The van der Waals surface area contributed by atoms with Gasteiger partial charge in [0.15, 0.2) is 23.1 Å². The quantitative estimate of drug-likeness (QED) is 0.0983. The van der Waals surface area contributed by atoms with Crippen molar-refractivity contribution in [1.82, 2.24) is 4.98 Å². The van der Waals surface area contributed by atoms with E-state index in [2.05, 4.69) is 15.6 Å². The number of pyridine rings is 1. The molecule has 3 aromatic carbocycles. The van der Waals surface area contributed by atoms with E-state index in [1.165, 1.54) is 61.5 Å². The molecule has 1 aliphatic carbocycles. The number of hydrogen-bond acceptors (Lipinski definition) is 9. The highest BCUT2D eigenvalue weighted by atomic mass is 32.2. The number of nitrogens with one attached hydrogen (secondary N) is 2. The van der Waals surface area contributed by atoms with E-state index in [1.54, 1.807) is 18.2 Å².